The number of piperazine rings is 1. The van der Waals surface area contributed by atoms with E-state index < -0.39 is 0 Å². The molecule has 1 saturated heterocycles. The fourth-order valence-electron chi connectivity index (χ4n) is 4.64. The van der Waals surface area contributed by atoms with E-state index >= 15 is 0 Å². The molecule has 0 spiro atoms. The number of anilines is 1. The minimum absolute atomic E-state index is 0.0777. The monoisotopic (exact) mass is 474 g/mol. The highest BCUT2D eigenvalue weighted by molar-refractivity contribution is 6.33. The molecule has 4 rings (SSSR count). The molecule has 33 heavy (non-hydrogen) atoms. The van der Waals surface area contributed by atoms with Crippen molar-refractivity contribution in [3.8, 4) is 12.1 Å². The number of nitrogens with zero attached hydrogens (tertiary/aromatic N) is 4. The topological polar surface area (TPSA) is 54.1 Å². The summed E-state index contributed by atoms with van der Waals surface area (Å²) in [5, 5.41) is 19.7. The summed E-state index contributed by atoms with van der Waals surface area (Å²) < 4.78 is 0. The van der Waals surface area contributed by atoms with Gasteiger partial charge in [0.05, 0.1) is 40.0 Å². The van der Waals surface area contributed by atoms with E-state index in [2.05, 4.69) is 53.1 Å². The lowest BCUT2D eigenvalue weighted by molar-refractivity contribution is 0.156. The summed E-state index contributed by atoms with van der Waals surface area (Å²) in [4.78, 5) is 4.84. The van der Waals surface area contributed by atoms with Crippen molar-refractivity contribution in [2.75, 3.05) is 24.5 Å². The second kappa shape index (κ2) is 10.3. The predicted molar refractivity (Wildman–Crippen MR) is 133 cm³/mol. The molecule has 2 unspecified atom stereocenters. The van der Waals surface area contributed by atoms with Crippen LogP contribution in [0.1, 0.15) is 47.7 Å². The number of halogens is 2. The molecule has 0 N–H and O–H groups in total. The Morgan fingerprint density at radius 3 is 2.18 bits per heavy atom. The minimum atomic E-state index is 0.0777. The molecule has 3 aromatic carbocycles. The fourth-order valence-corrected chi connectivity index (χ4v) is 5.05. The van der Waals surface area contributed by atoms with Crippen LogP contribution >= 0.6 is 23.2 Å². The Morgan fingerprint density at radius 1 is 0.909 bits per heavy atom. The van der Waals surface area contributed by atoms with Crippen molar-refractivity contribution < 1.29 is 0 Å². The Balaban J connectivity index is 1.68. The van der Waals surface area contributed by atoms with Gasteiger partial charge in [0.2, 0.25) is 0 Å². The molecular weight excluding hydrogens is 451 g/mol. The van der Waals surface area contributed by atoms with Crippen LogP contribution in [0.3, 0.4) is 0 Å². The first-order valence-electron chi connectivity index (χ1n) is 11.0. The highest BCUT2D eigenvalue weighted by Crippen LogP contribution is 2.38. The Morgan fingerprint density at radius 2 is 1.58 bits per heavy atom. The number of rotatable bonds is 5. The quantitative estimate of drug-likeness (QED) is 0.410. The average molecular weight is 475 g/mol. The van der Waals surface area contributed by atoms with Gasteiger partial charge in [-0.15, -0.1) is 0 Å². The van der Waals surface area contributed by atoms with Gasteiger partial charge in [0.25, 0.3) is 0 Å². The summed E-state index contributed by atoms with van der Waals surface area (Å²) in [7, 11) is 0. The number of hydrogen-bond donors (Lipinski definition) is 0. The first-order chi connectivity index (χ1) is 16.0. The van der Waals surface area contributed by atoms with Gasteiger partial charge in [-0.2, -0.15) is 10.5 Å². The molecule has 0 aliphatic carbocycles. The zero-order valence-electron chi connectivity index (χ0n) is 18.4. The Hall–Kier alpha value is -3.02. The van der Waals surface area contributed by atoms with E-state index in [0.29, 0.717) is 21.2 Å². The van der Waals surface area contributed by atoms with E-state index in [1.165, 1.54) is 11.1 Å². The first kappa shape index (κ1) is 23.1. The highest BCUT2D eigenvalue weighted by Gasteiger charge is 2.33. The zero-order chi connectivity index (χ0) is 23.4. The van der Waals surface area contributed by atoms with Crippen LogP contribution in [0.15, 0.2) is 66.7 Å². The Kier molecular flexibility index (Phi) is 7.21. The van der Waals surface area contributed by atoms with Crippen LogP contribution in [0.5, 0.6) is 0 Å². The second-order valence-corrected chi connectivity index (χ2v) is 9.04. The normalized spacial score (nSPS) is 17.2. The van der Waals surface area contributed by atoms with Crippen LogP contribution in [0.4, 0.5) is 5.69 Å². The van der Waals surface area contributed by atoms with Gasteiger partial charge < -0.3 is 4.90 Å². The van der Waals surface area contributed by atoms with Crippen molar-refractivity contribution in [2.24, 2.45) is 0 Å². The van der Waals surface area contributed by atoms with Gasteiger partial charge in [-0.3, -0.25) is 4.90 Å². The van der Waals surface area contributed by atoms with E-state index in [1.54, 1.807) is 6.07 Å². The van der Waals surface area contributed by atoms with Crippen LogP contribution in [0.25, 0.3) is 0 Å². The molecule has 1 aliphatic rings. The SMILES string of the molecule is CCC(c1ccc(C#N)cc1)N1CCN(c2ccc(C#N)cc2Cl)C(c2ccc(Cl)cc2)C1. The molecule has 3 aromatic rings. The highest BCUT2D eigenvalue weighted by atomic mass is 35.5. The first-order valence-corrected chi connectivity index (χ1v) is 11.8. The molecule has 166 valence electrons. The summed E-state index contributed by atoms with van der Waals surface area (Å²) in [5.41, 5.74) is 4.54. The molecule has 4 nitrogen and oxygen atoms in total. The summed E-state index contributed by atoms with van der Waals surface area (Å²) in [5.74, 6) is 0. The third kappa shape index (κ3) is 5.00. The lowest BCUT2D eigenvalue weighted by atomic mass is 9.96. The van der Waals surface area contributed by atoms with Gasteiger partial charge in [-0.25, -0.2) is 0 Å². The summed E-state index contributed by atoms with van der Waals surface area (Å²) in [6.45, 7) is 4.69. The lowest BCUT2D eigenvalue weighted by Crippen LogP contribution is -2.49. The Bertz CT molecular complexity index is 1190. The van der Waals surface area contributed by atoms with Gasteiger partial charge in [0, 0.05) is 30.7 Å². The Labute approximate surface area is 205 Å². The molecule has 0 bridgehead atoms. The number of hydrogen-bond acceptors (Lipinski definition) is 4. The van der Waals surface area contributed by atoms with Gasteiger partial charge in [-0.1, -0.05) is 54.4 Å². The lowest BCUT2D eigenvalue weighted by Gasteiger charge is -2.46. The van der Waals surface area contributed by atoms with Crippen LogP contribution in [-0.2, 0) is 0 Å². The van der Waals surface area contributed by atoms with Gasteiger partial charge >= 0.3 is 0 Å². The van der Waals surface area contributed by atoms with Gasteiger partial charge in [-0.05, 0) is 60.0 Å². The van der Waals surface area contributed by atoms with Crippen molar-refractivity contribution in [1.82, 2.24) is 4.90 Å². The maximum absolute atomic E-state index is 9.22. The van der Waals surface area contributed by atoms with E-state index in [9.17, 15) is 5.26 Å². The zero-order valence-corrected chi connectivity index (χ0v) is 19.9. The maximum atomic E-state index is 9.22. The molecule has 0 radical (unpaired) electrons. The maximum Gasteiger partial charge on any atom is 0.0992 e. The number of nitriles is 2. The van der Waals surface area contributed by atoms with Crippen LogP contribution in [-0.4, -0.2) is 24.5 Å². The van der Waals surface area contributed by atoms with E-state index in [4.69, 9.17) is 28.5 Å². The van der Waals surface area contributed by atoms with Crippen LogP contribution < -0.4 is 4.90 Å². The van der Waals surface area contributed by atoms with Gasteiger partial charge in [0.1, 0.15) is 0 Å². The minimum Gasteiger partial charge on any atom is -0.361 e. The largest absolute Gasteiger partial charge is 0.361 e. The molecule has 0 aromatic heterocycles. The number of benzene rings is 3. The van der Waals surface area contributed by atoms with Gasteiger partial charge in [0.15, 0.2) is 0 Å². The third-order valence-corrected chi connectivity index (χ3v) is 6.86. The third-order valence-electron chi connectivity index (χ3n) is 6.30. The van der Waals surface area contributed by atoms with E-state index in [-0.39, 0.29) is 12.1 Å². The fraction of sp³-hybridized carbons (Fsp3) is 0.259. The second-order valence-electron chi connectivity index (χ2n) is 8.19. The van der Waals surface area contributed by atoms with Crippen LogP contribution in [0.2, 0.25) is 10.0 Å². The molecule has 0 saturated carbocycles. The van der Waals surface area contributed by atoms with Crippen LogP contribution in [0, 0.1) is 22.7 Å². The van der Waals surface area contributed by atoms with Crippen molar-refractivity contribution >= 4 is 28.9 Å². The molecule has 6 heteroatoms. The molecular formula is C27H24Cl2N4. The average Bonchev–Trinajstić information content (AvgIpc) is 2.85. The molecule has 1 aliphatic heterocycles. The standard InChI is InChI=1S/C27H24Cl2N4/c1-2-25(21-6-3-19(16-30)4-7-21)32-13-14-33(26-12-5-20(17-31)15-24(26)29)27(18-32)22-8-10-23(28)11-9-22/h3-12,15,25,27H,2,13-14,18H2,1H3. The summed E-state index contributed by atoms with van der Waals surface area (Å²) >= 11 is 12.8. The molecule has 1 heterocycles. The summed E-state index contributed by atoms with van der Waals surface area (Å²) in [6, 6.07) is 26.1. The smallest absolute Gasteiger partial charge is 0.0992 e. The molecule has 1 fully saturated rings. The van der Waals surface area contributed by atoms with Crippen molar-refractivity contribution in [3.63, 3.8) is 0 Å². The molecule has 2 atom stereocenters. The van der Waals surface area contributed by atoms with Crippen molar-refractivity contribution in [3.05, 3.63) is 99.0 Å². The van der Waals surface area contributed by atoms with E-state index in [1.807, 2.05) is 36.4 Å². The van der Waals surface area contributed by atoms with Crippen molar-refractivity contribution in [2.45, 2.75) is 25.4 Å². The van der Waals surface area contributed by atoms with E-state index in [0.717, 1.165) is 31.7 Å². The predicted octanol–water partition coefficient (Wildman–Crippen LogP) is 6.75. The van der Waals surface area contributed by atoms with Crippen molar-refractivity contribution in [1.29, 1.82) is 10.5 Å². The molecule has 0 amide bonds. The summed E-state index contributed by atoms with van der Waals surface area (Å²) in [6.07, 6.45) is 0.969.